The van der Waals surface area contributed by atoms with Crippen LogP contribution in [0.5, 0.6) is 0 Å². The molecule has 1 heterocycles. The van der Waals surface area contributed by atoms with Gasteiger partial charge in [-0.3, -0.25) is 4.79 Å². The zero-order valence-electron chi connectivity index (χ0n) is 8.97. The summed E-state index contributed by atoms with van der Waals surface area (Å²) in [6.45, 7) is 6.24. The monoisotopic (exact) mass is 186 g/mol. The summed E-state index contributed by atoms with van der Waals surface area (Å²) in [7, 11) is 0. The Morgan fingerprint density at radius 1 is 1.08 bits per heavy atom. The number of ether oxygens (including phenoxy) is 1. The number of hydrogen-bond donors (Lipinski definition) is 0. The molecule has 2 nitrogen and oxygen atoms in total. The smallest absolute Gasteiger partial charge is 0.132 e. The summed E-state index contributed by atoms with van der Waals surface area (Å²) in [5, 5.41) is 0. The minimum atomic E-state index is 0.448. The van der Waals surface area contributed by atoms with Crippen LogP contribution in [0.15, 0.2) is 0 Å². The highest BCUT2D eigenvalue weighted by atomic mass is 16.6. The van der Waals surface area contributed by atoms with Gasteiger partial charge in [0.2, 0.25) is 0 Å². The van der Waals surface area contributed by atoms with E-state index in [0.717, 1.165) is 51.7 Å². The van der Waals surface area contributed by atoms with Gasteiger partial charge in [-0.1, -0.05) is 26.7 Å². The SMILES string of the molecule is C1CO1.CCCCC(=O)CCCC. The van der Waals surface area contributed by atoms with Crippen LogP contribution >= 0.6 is 0 Å². The molecule has 2 heteroatoms. The molecule has 13 heavy (non-hydrogen) atoms. The van der Waals surface area contributed by atoms with E-state index in [1.807, 2.05) is 0 Å². The van der Waals surface area contributed by atoms with Crippen molar-refractivity contribution in [1.82, 2.24) is 0 Å². The molecule has 1 saturated heterocycles. The van der Waals surface area contributed by atoms with Crippen molar-refractivity contribution in [2.75, 3.05) is 13.2 Å². The fourth-order valence-electron chi connectivity index (χ4n) is 0.873. The van der Waals surface area contributed by atoms with Crippen LogP contribution in [-0.2, 0) is 9.53 Å². The fraction of sp³-hybridized carbons (Fsp3) is 0.909. The first-order chi connectivity index (χ1) is 6.31. The molecule has 1 aliphatic heterocycles. The zero-order chi connectivity index (χ0) is 9.94. The highest BCUT2D eigenvalue weighted by Crippen LogP contribution is 2.02. The second kappa shape index (κ2) is 9.72. The molecule has 1 rings (SSSR count). The Kier molecular flexibility index (Phi) is 9.44. The highest BCUT2D eigenvalue weighted by Gasteiger charge is 1.98. The number of carbonyl (C=O) groups is 1. The second-order valence-corrected chi connectivity index (χ2v) is 3.36. The Labute approximate surface area is 81.7 Å². The van der Waals surface area contributed by atoms with E-state index in [4.69, 9.17) is 0 Å². The summed E-state index contributed by atoms with van der Waals surface area (Å²) < 4.78 is 4.50. The van der Waals surface area contributed by atoms with E-state index in [1.165, 1.54) is 0 Å². The van der Waals surface area contributed by atoms with Crippen LogP contribution in [0.1, 0.15) is 52.4 Å². The van der Waals surface area contributed by atoms with Gasteiger partial charge in [-0.25, -0.2) is 0 Å². The van der Waals surface area contributed by atoms with E-state index >= 15 is 0 Å². The summed E-state index contributed by atoms with van der Waals surface area (Å²) in [4.78, 5) is 11.0. The third-order valence-corrected chi connectivity index (χ3v) is 1.82. The van der Waals surface area contributed by atoms with E-state index in [-0.39, 0.29) is 0 Å². The number of epoxide rings is 1. The number of carbonyl (C=O) groups excluding carboxylic acids is 1. The Bertz CT molecular complexity index is 107. The summed E-state index contributed by atoms with van der Waals surface area (Å²) in [6.07, 6.45) is 6.02. The van der Waals surface area contributed by atoms with Gasteiger partial charge in [0.1, 0.15) is 5.78 Å². The molecule has 0 bridgehead atoms. The lowest BCUT2D eigenvalue weighted by Crippen LogP contribution is -1.96. The molecule has 0 aliphatic carbocycles. The largest absolute Gasteiger partial charge is 0.377 e. The molecule has 1 fully saturated rings. The Morgan fingerprint density at radius 2 is 1.46 bits per heavy atom. The summed E-state index contributed by atoms with van der Waals surface area (Å²) in [6, 6.07) is 0. The summed E-state index contributed by atoms with van der Waals surface area (Å²) in [5.41, 5.74) is 0. The molecule has 0 amide bonds. The molecule has 0 aromatic carbocycles. The van der Waals surface area contributed by atoms with Gasteiger partial charge in [0.15, 0.2) is 0 Å². The molecule has 0 unspecified atom stereocenters. The van der Waals surface area contributed by atoms with Crippen LogP contribution in [0.2, 0.25) is 0 Å². The van der Waals surface area contributed by atoms with Crippen molar-refractivity contribution in [2.24, 2.45) is 0 Å². The normalized spacial score (nSPS) is 13.1. The van der Waals surface area contributed by atoms with Gasteiger partial charge in [0, 0.05) is 12.8 Å². The van der Waals surface area contributed by atoms with Crippen molar-refractivity contribution in [2.45, 2.75) is 52.4 Å². The zero-order valence-corrected chi connectivity index (χ0v) is 8.97. The Morgan fingerprint density at radius 3 is 1.69 bits per heavy atom. The maximum atomic E-state index is 11.0. The maximum absolute atomic E-state index is 11.0. The van der Waals surface area contributed by atoms with E-state index in [2.05, 4.69) is 18.6 Å². The molecular formula is C11H22O2. The average molecular weight is 186 g/mol. The first-order valence-electron chi connectivity index (χ1n) is 5.40. The van der Waals surface area contributed by atoms with E-state index in [1.54, 1.807) is 0 Å². The van der Waals surface area contributed by atoms with Gasteiger partial charge in [0.05, 0.1) is 13.2 Å². The number of unbranched alkanes of at least 4 members (excludes halogenated alkanes) is 2. The first-order valence-corrected chi connectivity index (χ1v) is 5.40. The minimum absolute atomic E-state index is 0.448. The van der Waals surface area contributed by atoms with Gasteiger partial charge < -0.3 is 4.74 Å². The topological polar surface area (TPSA) is 29.6 Å². The number of ketones is 1. The van der Waals surface area contributed by atoms with E-state index < -0.39 is 0 Å². The molecule has 0 saturated carbocycles. The van der Waals surface area contributed by atoms with Crippen LogP contribution in [0, 0.1) is 0 Å². The second-order valence-electron chi connectivity index (χ2n) is 3.36. The lowest BCUT2D eigenvalue weighted by Gasteiger charge is -1.96. The van der Waals surface area contributed by atoms with Crippen molar-refractivity contribution in [3.8, 4) is 0 Å². The third-order valence-electron chi connectivity index (χ3n) is 1.82. The maximum Gasteiger partial charge on any atom is 0.132 e. The summed E-state index contributed by atoms with van der Waals surface area (Å²) in [5.74, 6) is 0.448. The fourth-order valence-corrected chi connectivity index (χ4v) is 0.873. The quantitative estimate of drug-likeness (QED) is 0.597. The van der Waals surface area contributed by atoms with Crippen LogP contribution in [-0.4, -0.2) is 19.0 Å². The molecule has 78 valence electrons. The standard InChI is InChI=1S/C9H18O.C2H4O/c1-3-5-7-9(10)8-6-4-2;1-2-3-1/h3-8H2,1-2H3;1-2H2. The third kappa shape index (κ3) is 14.5. The van der Waals surface area contributed by atoms with Gasteiger partial charge in [0.25, 0.3) is 0 Å². The van der Waals surface area contributed by atoms with Crippen molar-refractivity contribution in [1.29, 1.82) is 0 Å². The lowest BCUT2D eigenvalue weighted by molar-refractivity contribution is -0.119. The summed E-state index contributed by atoms with van der Waals surface area (Å²) >= 11 is 0. The molecule has 0 radical (unpaired) electrons. The van der Waals surface area contributed by atoms with Crippen molar-refractivity contribution in [3.05, 3.63) is 0 Å². The van der Waals surface area contributed by atoms with Gasteiger partial charge in [-0.05, 0) is 12.8 Å². The highest BCUT2D eigenvalue weighted by molar-refractivity contribution is 5.78. The number of hydrogen-bond acceptors (Lipinski definition) is 2. The van der Waals surface area contributed by atoms with Crippen LogP contribution in [0.3, 0.4) is 0 Å². The number of rotatable bonds is 6. The van der Waals surface area contributed by atoms with Crippen molar-refractivity contribution < 1.29 is 9.53 Å². The molecule has 0 atom stereocenters. The van der Waals surface area contributed by atoms with Crippen LogP contribution in [0.4, 0.5) is 0 Å². The first kappa shape index (κ1) is 12.6. The van der Waals surface area contributed by atoms with E-state index in [9.17, 15) is 4.79 Å². The lowest BCUT2D eigenvalue weighted by atomic mass is 10.1. The Hall–Kier alpha value is -0.370. The molecule has 1 aliphatic rings. The van der Waals surface area contributed by atoms with Gasteiger partial charge in [-0.15, -0.1) is 0 Å². The Balaban J connectivity index is 0.000000396. The van der Waals surface area contributed by atoms with Crippen LogP contribution in [0.25, 0.3) is 0 Å². The predicted octanol–water partition coefficient (Wildman–Crippen LogP) is 2.95. The molecule has 0 aromatic rings. The van der Waals surface area contributed by atoms with Gasteiger partial charge in [-0.2, -0.15) is 0 Å². The van der Waals surface area contributed by atoms with Crippen molar-refractivity contribution >= 4 is 5.78 Å². The number of Topliss-reactive ketones (excluding diaryl/α,β-unsaturated/α-hetero) is 1. The molecule has 0 N–H and O–H groups in total. The predicted molar refractivity (Wildman–Crippen MR) is 54.9 cm³/mol. The van der Waals surface area contributed by atoms with Crippen LogP contribution < -0.4 is 0 Å². The van der Waals surface area contributed by atoms with E-state index in [0.29, 0.717) is 5.78 Å². The average Bonchev–Trinajstić information content (AvgIpc) is 2.97. The minimum Gasteiger partial charge on any atom is -0.377 e. The van der Waals surface area contributed by atoms with Gasteiger partial charge >= 0.3 is 0 Å². The van der Waals surface area contributed by atoms with Crippen molar-refractivity contribution in [3.63, 3.8) is 0 Å². The molecule has 0 spiro atoms. The molecule has 0 aromatic heterocycles. The molecular weight excluding hydrogens is 164 g/mol.